The summed E-state index contributed by atoms with van der Waals surface area (Å²) in [4.78, 5) is 0. The monoisotopic (exact) mass is 336 g/mol. The van der Waals surface area contributed by atoms with Gasteiger partial charge in [0, 0.05) is 0 Å². The molecule has 9 atom stereocenters. The minimum Gasteiger partial charge on any atom is -0.305 e. The Morgan fingerprint density at radius 1 is 1.05 bits per heavy atom. The number of hydrogen-bond acceptors (Lipinski definition) is 1. The van der Waals surface area contributed by atoms with Gasteiger partial charge in [-0.15, -0.1) is 0 Å². The van der Waals surface area contributed by atoms with Crippen LogP contribution in [0.3, 0.4) is 0 Å². The predicted octanol–water partition coefficient (Wildman–Crippen LogP) is 4.24. The fourth-order valence-corrected chi connectivity index (χ4v) is 7.28. The van der Waals surface area contributed by atoms with Crippen molar-refractivity contribution in [2.45, 2.75) is 56.4 Å². The molecule has 0 saturated heterocycles. The van der Waals surface area contributed by atoms with Crippen molar-refractivity contribution < 1.29 is 21.9 Å². The Labute approximate surface area is 131 Å². The summed E-state index contributed by atoms with van der Waals surface area (Å²) in [5, 5.41) is 0. The van der Waals surface area contributed by atoms with Crippen molar-refractivity contribution in [1.29, 1.82) is 0 Å². The normalized spacial score (nSPS) is 50.1. The molecular weight excluding hydrogens is 313 g/mol. The topological polar surface area (TPSA) is 37.3 Å². The van der Waals surface area contributed by atoms with Crippen LogP contribution < -0.4 is 0 Å². The van der Waals surface area contributed by atoms with Crippen LogP contribution in [0, 0.1) is 41.4 Å². The van der Waals surface area contributed by atoms with E-state index in [1.54, 1.807) is 0 Å². The first-order valence-electron chi connectivity index (χ1n) is 8.40. The molecule has 0 spiro atoms. The molecule has 4 bridgehead atoms. The Hall–Kier alpha value is -0.100. The van der Waals surface area contributed by atoms with E-state index in [9.17, 15) is 21.9 Å². The average Bonchev–Trinajstić information content (AvgIpc) is 3.15. The summed E-state index contributed by atoms with van der Waals surface area (Å²) in [5.41, 5.74) is 0. The van der Waals surface area contributed by atoms with Crippen molar-refractivity contribution in [2.75, 3.05) is 0 Å². The smallest absolute Gasteiger partial charge is 0.305 e. The Morgan fingerprint density at radius 2 is 1.68 bits per heavy atom. The third kappa shape index (κ3) is 1.92. The van der Waals surface area contributed by atoms with E-state index in [1.165, 1.54) is 19.3 Å². The van der Waals surface area contributed by atoms with Gasteiger partial charge in [0.15, 0.2) is 15.8 Å². The zero-order chi connectivity index (χ0) is 15.9. The van der Waals surface area contributed by atoms with E-state index in [0.717, 1.165) is 37.5 Å². The van der Waals surface area contributed by atoms with Gasteiger partial charge in [-0.2, -0.15) is 13.2 Å². The van der Waals surface area contributed by atoms with Crippen LogP contribution in [0.2, 0.25) is 0 Å². The van der Waals surface area contributed by atoms with E-state index >= 15 is 0 Å². The van der Waals surface area contributed by atoms with E-state index in [-0.39, 0.29) is 12.3 Å². The molecule has 4 aliphatic carbocycles. The number of halogens is 3. The van der Waals surface area contributed by atoms with Crippen LogP contribution in [0.1, 0.15) is 45.4 Å². The molecule has 0 aromatic carbocycles. The highest BCUT2D eigenvalue weighted by Gasteiger charge is 2.65. The van der Waals surface area contributed by atoms with Crippen molar-refractivity contribution in [3.63, 3.8) is 0 Å². The molecule has 2 nitrogen and oxygen atoms in total. The molecule has 4 saturated carbocycles. The Balaban J connectivity index is 1.55. The van der Waals surface area contributed by atoms with E-state index < -0.39 is 22.0 Å². The van der Waals surface area contributed by atoms with Gasteiger partial charge in [0.2, 0.25) is 0 Å². The molecule has 0 amide bonds. The van der Waals surface area contributed by atoms with Crippen LogP contribution in [-0.4, -0.2) is 19.7 Å². The molecule has 0 radical (unpaired) electrons. The van der Waals surface area contributed by atoms with Crippen LogP contribution >= 0.6 is 0 Å². The standard InChI is InChI=1S/C16H23F3O2S/c1-15(22(20)21,16(17,18)19)7-11-5-10-6-12(11)14-9-3-2-8(4-9)13(10)14/h8-14H,2-7H2,1H3,(H,20,21). The lowest BCUT2D eigenvalue weighted by atomic mass is 9.66. The SMILES string of the molecule is CC(CC1CC2CC1C1C3CCC(C3)C21)(S(=O)O)C(F)(F)F. The average molecular weight is 336 g/mol. The maximum absolute atomic E-state index is 13.3. The van der Waals surface area contributed by atoms with Gasteiger partial charge in [0.25, 0.3) is 0 Å². The van der Waals surface area contributed by atoms with Crippen molar-refractivity contribution >= 4 is 11.1 Å². The van der Waals surface area contributed by atoms with Crippen LogP contribution in [0.4, 0.5) is 13.2 Å². The molecule has 0 aromatic heterocycles. The van der Waals surface area contributed by atoms with E-state index in [1.807, 2.05) is 0 Å². The summed E-state index contributed by atoms with van der Waals surface area (Å²) in [5.74, 6) is 3.86. The zero-order valence-corrected chi connectivity index (χ0v) is 13.5. The molecule has 126 valence electrons. The summed E-state index contributed by atoms with van der Waals surface area (Å²) in [6, 6.07) is 0. The van der Waals surface area contributed by atoms with Crippen LogP contribution in [0.5, 0.6) is 0 Å². The molecule has 4 rings (SSSR count). The maximum Gasteiger partial charge on any atom is 0.407 e. The molecule has 22 heavy (non-hydrogen) atoms. The number of alkyl halides is 3. The van der Waals surface area contributed by atoms with Crippen LogP contribution in [0.15, 0.2) is 0 Å². The van der Waals surface area contributed by atoms with Gasteiger partial charge in [-0.3, -0.25) is 0 Å². The van der Waals surface area contributed by atoms with Crippen molar-refractivity contribution in [3.8, 4) is 0 Å². The molecule has 1 N–H and O–H groups in total. The first kappa shape index (κ1) is 15.4. The third-order valence-electron chi connectivity index (χ3n) is 7.51. The van der Waals surface area contributed by atoms with Gasteiger partial charge < -0.3 is 4.55 Å². The first-order valence-corrected chi connectivity index (χ1v) is 9.50. The number of hydrogen-bond donors (Lipinski definition) is 1. The number of rotatable bonds is 3. The highest BCUT2D eigenvalue weighted by atomic mass is 32.2. The summed E-state index contributed by atoms with van der Waals surface area (Å²) in [6.07, 6.45) is 0.975. The molecule has 0 heterocycles. The summed E-state index contributed by atoms with van der Waals surface area (Å²) in [6.45, 7) is 0.924. The Morgan fingerprint density at radius 3 is 2.27 bits per heavy atom. The van der Waals surface area contributed by atoms with Crippen molar-refractivity contribution in [2.24, 2.45) is 41.4 Å². The van der Waals surface area contributed by atoms with Gasteiger partial charge in [-0.05, 0) is 86.9 Å². The first-order chi connectivity index (χ1) is 10.2. The molecular formula is C16H23F3O2S. The Kier molecular flexibility index (Phi) is 3.31. The van der Waals surface area contributed by atoms with Gasteiger partial charge in [-0.1, -0.05) is 0 Å². The second-order valence-electron chi connectivity index (χ2n) is 8.33. The summed E-state index contributed by atoms with van der Waals surface area (Å²) in [7, 11) is 0. The van der Waals surface area contributed by atoms with Gasteiger partial charge >= 0.3 is 6.18 Å². The second-order valence-corrected chi connectivity index (χ2v) is 9.72. The summed E-state index contributed by atoms with van der Waals surface area (Å²) >= 11 is -2.87. The fraction of sp³-hybridized carbons (Fsp3) is 1.00. The van der Waals surface area contributed by atoms with E-state index in [2.05, 4.69) is 0 Å². The molecule has 6 heteroatoms. The molecule has 9 unspecified atom stereocenters. The largest absolute Gasteiger partial charge is 0.407 e. The van der Waals surface area contributed by atoms with Crippen LogP contribution in [0.25, 0.3) is 0 Å². The molecule has 4 aliphatic rings. The third-order valence-corrected chi connectivity index (χ3v) is 8.68. The van der Waals surface area contributed by atoms with Gasteiger partial charge in [-0.25, -0.2) is 4.21 Å². The summed E-state index contributed by atoms with van der Waals surface area (Å²) < 4.78 is 58.2. The Bertz CT molecular complexity index is 508. The second kappa shape index (κ2) is 4.71. The molecule has 0 aromatic rings. The zero-order valence-electron chi connectivity index (χ0n) is 12.7. The fourth-order valence-electron chi connectivity index (χ4n) is 6.72. The lowest BCUT2D eigenvalue weighted by molar-refractivity contribution is -0.163. The highest BCUT2D eigenvalue weighted by molar-refractivity contribution is 7.80. The number of fused-ring (bicyclic) bond motifs is 9. The maximum atomic E-state index is 13.3. The van der Waals surface area contributed by atoms with Crippen molar-refractivity contribution in [3.05, 3.63) is 0 Å². The van der Waals surface area contributed by atoms with Crippen molar-refractivity contribution in [1.82, 2.24) is 0 Å². The van der Waals surface area contributed by atoms with Gasteiger partial charge in [0.05, 0.1) is 0 Å². The van der Waals surface area contributed by atoms with Crippen LogP contribution in [-0.2, 0) is 11.1 Å². The lowest BCUT2D eigenvalue weighted by Gasteiger charge is -2.41. The quantitative estimate of drug-likeness (QED) is 0.618. The lowest BCUT2D eigenvalue weighted by Crippen LogP contribution is -2.48. The minimum atomic E-state index is -4.62. The molecule has 4 fully saturated rings. The molecule has 0 aliphatic heterocycles. The van der Waals surface area contributed by atoms with E-state index in [4.69, 9.17) is 0 Å². The predicted molar refractivity (Wildman–Crippen MR) is 77.4 cm³/mol. The minimum absolute atomic E-state index is 0.0201. The highest BCUT2D eigenvalue weighted by Crippen LogP contribution is 2.69. The van der Waals surface area contributed by atoms with E-state index in [0.29, 0.717) is 17.8 Å². The van der Waals surface area contributed by atoms with Gasteiger partial charge in [0.1, 0.15) is 0 Å².